The Balaban J connectivity index is 1.85. The van der Waals surface area contributed by atoms with Crippen LogP contribution in [0.5, 0.6) is 0 Å². The molecule has 8 heteroatoms. The molecule has 0 radical (unpaired) electrons. The smallest absolute Gasteiger partial charge is 0.226 e. The molecule has 4 aromatic rings. The molecule has 108 valence electrons. The molecule has 0 atom stereocenters. The van der Waals surface area contributed by atoms with Crippen LogP contribution in [0, 0.1) is 6.92 Å². The Kier molecular flexibility index (Phi) is 2.87. The summed E-state index contributed by atoms with van der Waals surface area (Å²) in [6.45, 7) is 1.94. The molecule has 7 nitrogen and oxygen atoms in total. The van der Waals surface area contributed by atoms with Crippen LogP contribution in [0.2, 0.25) is 5.28 Å². The van der Waals surface area contributed by atoms with Gasteiger partial charge in [0.2, 0.25) is 5.28 Å². The molecule has 22 heavy (non-hydrogen) atoms. The number of H-pyrrole nitrogens is 1. The molecule has 0 bridgehead atoms. The fourth-order valence-corrected chi connectivity index (χ4v) is 2.38. The average molecular weight is 312 g/mol. The number of hydrogen-bond acceptors (Lipinski definition) is 5. The van der Waals surface area contributed by atoms with Crippen molar-refractivity contribution in [2.45, 2.75) is 6.92 Å². The zero-order chi connectivity index (χ0) is 15.1. The Morgan fingerprint density at radius 2 is 2.00 bits per heavy atom. The van der Waals surface area contributed by atoms with Crippen LogP contribution >= 0.6 is 11.6 Å². The normalized spacial score (nSPS) is 11.2. The number of pyridine rings is 1. The van der Waals surface area contributed by atoms with E-state index in [-0.39, 0.29) is 5.28 Å². The van der Waals surface area contributed by atoms with Gasteiger partial charge >= 0.3 is 0 Å². The zero-order valence-electron chi connectivity index (χ0n) is 11.5. The number of hydrogen-bond donors (Lipinski definition) is 1. The third-order valence-electron chi connectivity index (χ3n) is 3.20. The summed E-state index contributed by atoms with van der Waals surface area (Å²) < 4.78 is 1.63. The van der Waals surface area contributed by atoms with E-state index in [9.17, 15) is 0 Å². The number of rotatable bonds is 2. The maximum Gasteiger partial charge on any atom is 0.226 e. The number of fused-ring (bicyclic) bond motifs is 1. The lowest BCUT2D eigenvalue weighted by atomic mass is 10.2. The van der Waals surface area contributed by atoms with Crippen LogP contribution in [0.1, 0.15) is 5.69 Å². The van der Waals surface area contributed by atoms with Crippen molar-refractivity contribution in [1.29, 1.82) is 0 Å². The fraction of sp³-hybridized carbons (Fsp3) is 0.0714. The first-order valence-corrected chi connectivity index (χ1v) is 6.95. The van der Waals surface area contributed by atoms with Crippen LogP contribution in [-0.2, 0) is 0 Å². The first kappa shape index (κ1) is 12.9. The molecule has 4 rings (SSSR count). The highest BCUT2D eigenvalue weighted by atomic mass is 35.5. The van der Waals surface area contributed by atoms with E-state index in [0.29, 0.717) is 17.0 Å². The van der Waals surface area contributed by atoms with Gasteiger partial charge in [0.25, 0.3) is 0 Å². The predicted molar refractivity (Wildman–Crippen MR) is 81.8 cm³/mol. The summed E-state index contributed by atoms with van der Waals surface area (Å²) >= 11 is 5.95. The molecule has 0 saturated carbocycles. The van der Waals surface area contributed by atoms with Gasteiger partial charge in [-0.15, -0.1) is 0 Å². The second-order valence-corrected chi connectivity index (χ2v) is 5.07. The van der Waals surface area contributed by atoms with Gasteiger partial charge in [-0.1, -0.05) is 6.07 Å². The number of aryl methyl sites for hydroxylation is 1. The van der Waals surface area contributed by atoms with E-state index in [0.717, 1.165) is 17.1 Å². The lowest BCUT2D eigenvalue weighted by Crippen LogP contribution is -2.01. The Morgan fingerprint density at radius 1 is 1.09 bits per heavy atom. The number of aromatic amines is 1. The number of aromatic nitrogens is 7. The molecule has 1 N–H and O–H groups in total. The standard InChI is InChI=1S/C14H10ClN7/c1-8-3-2-4-9(18-8)10-5-6-22(21-10)13-11-12(17-7-16-11)19-14(15)20-13/h2-7H,1H3,(H,16,17,19,20). The number of halogens is 1. The zero-order valence-corrected chi connectivity index (χ0v) is 12.3. The van der Waals surface area contributed by atoms with Crippen molar-refractivity contribution in [3.05, 3.63) is 47.8 Å². The quantitative estimate of drug-likeness (QED) is 0.575. The largest absolute Gasteiger partial charge is 0.340 e. The summed E-state index contributed by atoms with van der Waals surface area (Å²) in [4.78, 5) is 19.9. The van der Waals surface area contributed by atoms with Crippen molar-refractivity contribution in [3.63, 3.8) is 0 Å². The molecular weight excluding hydrogens is 302 g/mol. The molecule has 4 heterocycles. The van der Waals surface area contributed by atoms with E-state index in [2.05, 4.69) is 30.0 Å². The van der Waals surface area contributed by atoms with E-state index in [4.69, 9.17) is 11.6 Å². The number of nitrogens with zero attached hydrogens (tertiary/aromatic N) is 6. The van der Waals surface area contributed by atoms with Gasteiger partial charge in [0.05, 0.1) is 12.0 Å². The second kappa shape index (κ2) is 4.88. The van der Waals surface area contributed by atoms with Crippen molar-refractivity contribution in [1.82, 2.24) is 34.7 Å². The average Bonchev–Trinajstić information content (AvgIpc) is 3.15. The second-order valence-electron chi connectivity index (χ2n) is 4.73. The van der Waals surface area contributed by atoms with Gasteiger partial charge in [0.15, 0.2) is 11.5 Å². The minimum atomic E-state index is 0.125. The van der Waals surface area contributed by atoms with Crippen molar-refractivity contribution < 1.29 is 0 Å². The summed E-state index contributed by atoms with van der Waals surface area (Å²) in [6, 6.07) is 7.68. The van der Waals surface area contributed by atoms with E-state index < -0.39 is 0 Å². The van der Waals surface area contributed by atoms with E-state index in [1.54, 1.807) is 17.2 Å². The summed E-state index contributed by atoms with van der Waals surface area (Å²) in [6.07, 6.45) is 3.35. The van der Waals surface area contributed by atoms with Crippen LogP contribution in [0.25, 0.3) is 28.4 Å². The number of imidazole rings is 1. The monoisotopic (exact) mass is 311 g/mol. The lowest BCUT2D eigenvalue weighted by Gasteiger charge is -2.02. The molecule has 0 saturated heterocycles. The third-order valence-corrected chi connectivity index (χ3v) is 3.37. The molecule has 4 aromatic heterocycles. The van der Waals surface area contributed by atoms with Crippen LogP contribution in [0.15, 0.2) is 36.8 Å². The van der Waals surface area contributed by atoms with Crippen molar-refractivity contribution in [2.75, 3.05) is 0 Å². The molecule has 0 fully saturated rings. The molecule has 0 aliphatic heterocycles. The van der Waals surface area contributed by atoms with Crippen molar-refractivity contribution in [3.8, 4) is 17.2 Å². The van der Waals surface area contributed by atoms with Gasteiger partial charge < -0.3 is 4.98 Å². The highest BCUT2D eigenvalue weighted by Gasteiger charge is 2.13. The van der Waals surface area contributed by atoms with Gasteiger partial charge in [-0.2, -0.15) is 15.1 Å². The molecular formula is C14H10ClN7. The minimum Gasteiger partial charge on any atom is -0.340 e. The molecule has 0 aromatic carbocycles. The highest BCUT2D eigenvalue weighted by molar-refractivity contribution is 6.28. The fourth-order valence-electron chi connectivity index (χ4n) is 2.22. The third kappa shape index (κ3) is 2.11. The highest BCUT2D eigenvalue weighted by Crippen LogP contribution is 2.20. The van der Waals surface area contributed by atoms with E-state index >= 15 is 0 Å². The van der Waals surface area contributed by atoms with Gasteiger partial charge in [-0.05, 0) is 36.7 Å². The lowest BCUT2D eigenvalue weighted by molar-refractivity contribution is 0.850. The van der Waals surface area contributed by atoms with Gasteiger partial charge in [-0.25, -0.2) is 9.67 Å². The maximum atomic E-state index is 5.95. The van der Waals surface area contributed by atoms with E-state index in [1.807, 2.05) is 31.2 Å². The molecule has 0 unspecified atom stereocenters. The summed E-state index contributed by atoms with van der Waals surface area (Å²) in [7, 11) is 0. The van der Waals surface area contributed by atoms with Crippen molar-refractivity contribution >= 4 is 22.8 Å². The SMILES string of the molecule is Cc1cccc(-c2ccn(-c3nc(Cl)nc4nc[nH]c34)n2)n1. The minimum absolute atomic E-state index is 0.125. The maximum absolute atomic E-state index is 5.95. The van der Waals surface area contributed by atoms with E-state index in [1.165, 1.54) is 0 Å². The van der Waals surface area contributed by atoms with Gasteiger partial charge in [-0.3, -0.25) is 4.98 Å². The summed E-state index contributed by atoms with van der Waals surface area (Å²) in [5.74, 6) is 0.548. The Morgan fingerprint density at radius 3 is 2.86 bits per heavy atom. The topological polar surface area (TPSA) is 85.2 Å². The van der Waals surface area contributed by atoms with Crippen LogP contribution in [-0.4, -0.2) is 34.7 Å². The van der Waals surface area contributed by atoms with Crippen LogP contribution in [0.4, 0.5) is 0 Å². The summed E-state index contributed by atoms with van der Waals surface area (Å²) in [5, 5.41) is 4.65. The van der Waals surface area contributed by atoms with Crippen LogP contribution in [0.3, 0.4) is 0 Å². The first-order chi connectivity index (χ1) is 10.7. The first-order valence-electron chi connectivity index (χ1n) is 6.57. The Hall–Kier alpha value is -2.80. The predicted octanol–water partition coefficient (Wildman–Crippen LogP) is 2.56. The van der Waals surface area contributed by atoms with Gasteiger partial charge in [0.1, 0.15) is 11.2 Å². The van der Waals surface area contributed by atoms with Gasteiger partial charge in [0, 0.05) is 11.9 Å². The molecule has 0 spiro atoms. The summed E-state index contributed by atoms with van der Waals surface area (Å²) in [5.41, 5.74) is 3.68. The Bertz CT molecular complexity index is 972. The molecule has 0 aliphatic rings. The number of nitrogens with one attached hydrogen (secondary N) is 1. The van der Waals surface area contributed by atoms with Crippen molar-refractivity contribution in [2.24, 2.45) is 0 Å². The van der Waals surface area contributed by atoms with Crippen LogP contribution < -0.4 is 0 Å². The molecule has 0 amide bonds. The Labute approximate surface area is 130 Å². The molecule has 0 aliphatic carbocycles.